The van der Waals surface area contributed by atoms with Gasteiger partial charge in [0.2, 0.25) is 0 Å². The monoisotopic (exact) mass is 293 g/mol. The summed E-state index contributed by atoms with van der Waals surface area (Å²) in [5.41, 5.74) is 1.32. The molecule has 5 nitrogen and oxygen atoms in total. The molecule has 1 aromatic carbocycles. The van der Waals surface area contributed by atoms with Gasteiger partial charge < -0.3 is 15.7 Å². The number of benzene rings is 1. The van der Waals surface area contributed by atoms with Crippen LogP contribution in [0.5, 0.6) is 0 Å². The van der Waals surface area contributed by atoms with E-state index in [4.69, 9.17) is 22.0 Å². The fourth-order valence-electron chi connectivity index (χ4n) is 1.40. The third-order valence-electron chi connectivity index (χ3n) is 2.47. The summed E-state index contributed by atoms with van der Waals surface area (Å²) in [5, 5.41) is 23.9. The number of halogens is 1. The van der Waals surface area contributed by atoms with Gasteiger partial charge in [-0.3, -0.25) is 4.79 Å². The van der Waals surface area contributed by atoms with Crippen LogP contribution in [0.25, 0.3) is 0 Å². The molecule has 0 heterocycles. The molecule has 0 saturated heterocycles. The third-order valence-corrected chi connectivity index (χ3v) is 2.71. The third kappa shape index (κ3) is 4.92. The fourth-order valence-corrected chi connectivity index (χ4v) is 1.57. The first-order chi connectivity index (χ1) is 9.43. The molecule has 0 fully saturated rings. The molecular formula is C14H16ClN3O2. The summed E-state index contributed by atoms with van der Waals surface area (Å²) in [5.74, 6) is -0.532. The molecule has 0 aliphatic rings. The number of carbonyl (C=O) groups excluding carboxylic acids is 1. The van der Waals surface area contributed by atoms with Crippen LogP contribution in [-0.2, 0) is 4.79 Å². The van der Waals surface area contributed by atoms with Crippen molar-refractivity contribution in [3.05, 3.63) is 40.6 Å². The molecular weight excluding hydrogens is 278 g/mol. The van der Waals surface area contributed by atoms with Crippen molar-refractivity contribution in [3.8, 4) is 6.07 Å². The summed E-state index contributed by atoms with van der Waals surface area (Å²) in [6, 6.07) is 6.92. The minimum atomic E-state index is -0.565. The maximum atomic E-state index is 11.9. The molecule has 106 valence electrons. The Morgan fingerprint density at radius 2 is 2.30 bits per heavy atom. The minimum absolute atomic E-state index is 0.0787. The zero-order chi connectivity index (χ0) is 15.1. The number of aryl methyl sites for hydroxylation is 1. The number of rotatable bonds is 5. The van der Waals surface area contributed by atoms with Crippen molar-refractivity contribution in [2.45, 2.75) is 20.0 Å². The quantitative estimate of drug-likeness (QED) is 0.572. The average Bonchev–Trinajstić information content (AvgIpc) is 2.38. The van der Waals surface area contributed by atoms with E-state index in [2.05, 4.69) is 10.6 Å². The summed E-state index contributed by atoms with van der Waals surface area (Å²) < 4.78 is 0. The molecule has 0 aliphatic heterocycles. The number of aliphatic hydroxyl groups is 1. The molecule has 0 bridgehead atoms. The predicted molar refractivity (Wildman–Crippen MR) is 78.2 cm³/mol. The van der Waals surface area contributed by atoms with Gasteiger partial charge in [-0.15, -0.1) is 0 Å². The molecule has 0 saturated carbocycles. The van der Waals surface area contributed by atoms with Crippen LogP contribution < -0.4 is 10.6 Å². The highest BCUT2D eigenvalue weighted by Crippen LogP contribution is 2.20. The molecule has 0 spiro atoms. The number of hydrogen-bond donors (Lipinski definition) is 3. The molecule has 1 amide bonds. The lowest BCUT2D eigenvalue weighted by molar-refractivity contribution is -0.112. The number of nitriles is 1. The van der Waals surface area contributed by atoms with Crippen molar-refractivity contribution < 1.29 is 9.90 Å². The number of hydrogen-bond acceptors (Lipinski definition) is 4. The first kappa shape index (κ1) is 16.0. The van der Waals surface area contributed by atoms with Gasteiger partial charge in [0.1, 0.15) is 11.6 Å². The normalized spacial score (nSPS) is 12.4. The van der Waals surface area contributed by atoms with Crippen molar-refractivity contribution in [2.24, 2.45) is 0 Å². The maximum absolute atomic E-state index is 11.9. The van der Waals surface area contributed by atoms with Gasteiger partial charge in [-0.1, -0.05) is 17.7 Å². The van der Waals surface area contributed by atoms with Gasteiger partial charge in [0.25, 0.3) is 5.91 Å². The molecule has 3 N–H and O–H groups in total. The second kappa shape index (κ2) is 7.53. The largest absolute Gasteiger partial charge is 0.392 e. The lowest BCUT2D eigenvalue weighted by atomic mass is 10.2. The summed E-state index contributed by atoms with van der Waals surface area (Å²) in [4.78, 5) is 11.9. The molecule has 0 aliphatic carbocycles. The molecule has 1 atom stereocenters. The van der Waals surface area contributed by atoms with E-state index in [-0.39, 0.29) is 12.1 Å². The van der Waals surface area contributed by atoms with Crippen molar-refractivity contribution >= 4 is 23.2 Å². The summed E-state index contributed by atoms with van der Waals surface area (Å²) >= 11 is 5.86. The Bertz CT molecular complexity index is 562. The van der Waals surface area contributed by atoms with Crippen LogP contribution in [0.1, 0.15) is 12.5 Å². The number of carbonyl (C=O) groups is 1. The van der Waals surface area contributed by atoms with Crippen LogP contribution in [0.15, 0.2) is 30.0 Å². The van der Waals surface area contributed by atoms with E-state index in [9.17, 15) is 4.79 Å². The Morgan fingerprint density at radius 1 is 1.60 bits per heavy atom. The van der Waals surface area contributed by atoms with Gasteiger partial charge in [0.05, 0.1) is 6.10 Å². The van der Waals surface area contributed by atoms with Crippen LogP contribution in [0.4, 0.5) is 5.69 Å². The lowest BCUT2D eigenvalue weighted by Gasteiger charge is -2.09. The van der Waals surface area contributed by atoms with E-state index in [0.717, 1.165) is 5.56 Å². The zero-order valence-corrected chi connectivity index (χ0v) is 12.0. The van der Waals surface area contributed by atoms with Gasteiger partial charge >= 0.3 is 0 Å². The highest BCUT2D eigenvalue weighted by molar-refractivity contribution is 6.31. The fraction of sp³-hybridized carbons (Fsp3) is 0.286. The first-order valence-electron chi connectivity index (χ1n) is 6.03. The molecule has 1 aromatic rings. The van der Waals surface area contributed by atoms with Gasteiger partial charge in [-0.05, 0) is 31.5 Å². The Morgan fingerprint density at radius 3 is 2.90 bits per heavy atom. The molecule has 1 rings (SSSR count). The topological polar surface area (TPSA) is 85.2 Å². The van der Waals surface area contributed by atoms with E-state index in [1.165, 1.54) is 6.20 Å². The van der Waals surface area contributed by atoms with Crippen LogP contribution in [0.3, 0.4) is 0 Å². The summed E-state index contributed by atoms with van der Waals surface area (Å²) in [6.07, 6.45) is 0.714. The van der Waals surface area contributed by atoms with Crippen molar-refractivity contribution in [1.82, 2.24) is 5.32 Å². The molecule has 1 unspecified atom stereocenters. The highest BCUT2D eigenvalue weighted by atomic mass is 35.5. The Labute approximate surface area is 122 Å². The highest BCUT2D eigenvalue weighted by Gasteiger charge is 2.11. The standard InChI is InChI=1S/C14H16ClN3O2/c1-9-3-4-12(15)5-13(9)18-14(20)11(6-16)8-17-7-10(2)19/h3-5,8,10,17,19H,7H2,1-2H3,(H,18,20)/b11-8-. The van der Waals surface area contributed by atoms with Gasteiger partial charge in [-0.2, -0.15) is 5.26 Å². The predicted octanol–water partition coefficient (Wildman–Crippen LogP) is 1.96. The van der Waals surface area contributed by atoms with Crippen LogP contribution >= 0.6 is 11.6 Å². The number of amides is 1. The number of anilines is 1. The number of aliphatic hydroxyl groups excluding tert-OH is 1. The first-order valence-corrected chi connectivity index (χ1v) is 6.41. The molecule has 6 heteroatoms. The van der Waals surface area contributed by atoms with E-state index in [1.54, 1.807) is 31.2 Å². The van der Waals surface area contributed by atoms with Crippen molar-refractivity contribution in [3.63, 3.8) is 0 Å². The Balaban J connectivity index is 2.78. The van der Waals surface area contributed by atoms with Crippen LogP contribution in [-0.4, -0.2) is 23.7 Å². The van der Waals surface area contributed by atoms with Crippen LogP contribution in [0.2, 0.25) is 5.02 Å². The van der Waals surface area contributed by atoms with E-state index < -0.39 is 12.0 Å². The Hall–Kier alpha value is -2.03. The average molecular weight is 294 g/mol. The number of nitrogens with zero attached hydrogens (tertiary/aromatic N) is 1. The molecule has 0 aromatic heterocycles. The minimum Gasteiger partial charge on any atom is -0.392 e. The molecule has 20 heavy (non-hydrogen) atoms. The number of nitrogens with one attached hydrogen (secondary N) is 2. The maximum Gasteiger partial charge on any atom is 0.267 e. The summed E-state index contributed by atoms with van der Waals surface area (Å²) in [7, 11) is 0. The van der Waals surface area contributed by atoms with E-state index in [0.29, 0.717) is 10.7 Å². The zero-order valence-electron chi connectivity index (χ0n) is 11.3. The van der Waals surface area contributed by atoms with Crippen LogP contribution in [0, 0.1) is 18.3 Å². The second-order valence-corrected chi connectivity index (χ2v) is 4.78. The lowest BCUT2D eigenvalue weighted by Crippen LogP contribution is -2.22. The second-order valence-electron chi connectivity index (χ2n) is 4.34. The smallest absolute Gasteiger partial charge is 0.267 e. The molecule has 0 radical (unpaired) electrons. The van der Waals surface area contributed by atoms with Crippen molar-refractivity contribution in [2.75, 3.05) is 11.9 Å². The van der Waals surface area contributed by atoms with E-state index >= 15 is 0 Å². The summed E-state index contributed by atoms with van der Waals surface area (Å²) in [6.45, 7) is 3.68. The van der Waals surface area contributed by atoms with Crippen molar-refractivity contribution in [1.29, 1.82) is 5.26 Å². The van der Waals surface area contributed by atoms with Gasteiger partial charge in [0.15, 0.2) is 0 Å². The van der Waals surface area contributed by atoms with Gasteiger partial charge in [-0.25, -0.2) is 0 Å². The van der Waals surface area contributed by atoms with Gasteiger partial charge in [0, 0.05) is 23.5 Å². The SMILES string of the molecule is Cc1ccc(Cl)cc1NC(=O)/C(C#N)=C\NCC(C)O. The Kier molecular flexibility index (Phi) is 6.04. The van der Waals surface area contributed by atoms with E-state index in [1.807, 2.05) is 6.92 Å².